The third-order valence-corrected chi connectivity index (χ3v) is 5.10. The second-order valence-electron chi connectivity index (χ2n) is 7.66. The number of aromatic amines is 1. The van der Waals surface area contributed by atoms with E-state index < -0.39 is 17.8 Å². The summed E-state index contributed by atoms with van der Waals surface area (Å²) in [5.41, 5.74) is 2.66. The van der Waals surface area contributed by atoms with E-state index in [-0.39, 0.29) is 11.7 Å². The summed E-state index contributed by atoms with van der Waals surface area (Å²) in [6.07, 6.45) is 9.20. The van der Waals surface area contributed by atoms with Crippen molar-refractivity contribution in [2.24, 2.45) is 0 Å². The van der Waals surface area contributed by atoms with E-state index in [1.807, 2.05) is 13.0 Å². The van der Waals surface area contributed by atoms with Crippen LogP contribution in [-0.4, -0.2) is 35.1 Å². The molecule has 0 fully saturated rings. The van der Waals surface area contributed by atoms with Gasteiger partial charge in [0.15, 0.2) is 0 Å². The lowest BCUT2D eigenvalue weighted by atomic mass is 10.1. The Balaban J connectivity index is 1.34. The quantitative estimate of drug-likeness (QED) is 0.460. The van der Waals surface area contributed by atoms with Crippen LogP contribution in [0.1, 0.15) is 22.5 Å². The number of allylic oxidation sites excluding steroid dienone is 1. The molecule has 8 nitrogen and oxygen atoms in total. The predicted octanol–water partition coefficient (Wildman–Crippen LogP) is 4.72. The summed E-state index contributed by atoms with van der Waals surface area (Å²) >= 11 is 0. The number of aryl methyl sites for hydroxylation is 1. The van der Waals surface area contributed by atoms with Gasteiger partial charge in [-0.1, -0.05) is 12.1 Å². The monoisotopic (exact) mass is 462 g/mol. The van der Waals surface area contributed by atoms with Gasteiger partial charge in [-0.25, -0.2) is 14.0 Å². The maximum Gasteiger partial charge on any atom is 0.354 e. The zero-order valence-corrected chi connectivity index (χ0v) is 18.6. The molecule has 0 saturated carbocycles. The molecule has 0 bridgehead atoms. The van der Waals surface area contributed by atoms with Crippen molar-refractivity contribution in [2.45, 2.75) is 19.4 Å². The van der Waals surface area contributed by atoms with Crippen molar-refractivity contribution in [3.63, 3.8) is 0 Å². The molecule has 3 aromatic rings. The number of rotatable bonds is 6. The zero-order chi connectivity index (χ0) is 24.1. The van der Waals surface area contributed by atoms with Crippen molar-refractivity contribution in [3.05, 3.63) is 89.9 Å². The standard InChI is InChI=1S/C25H23FN4O4/c1-15-3-8-20(26)22(11-15)30-25(32)29-17-4-6-18(7-5-17)34-19-9-10-27-21(13-19)16-12-23(28-14-16)24(31)33-2/h3-4,6-14,17,28H,5H2,1-2H3,(H2,29,30,32). The summed E-state index contributed by atoms with van der Waals surface area (Å²) in [5.74, 6) is 0.232. The smallest absolute Gasteiger partial charge is 0.354 e. The van der Waals surface area contributed by atoms with Crippen molar-refractivity contribution in [1.29, 1.82) is 0 Å². The summed E-state index contributed by atoms with van der Waals surface area (Å²) in [5, 5.41) is 5.32. The number of benzene rings is 1. The minimum absolute atomic E-state index is 0.131. The molecule has 1 aromatic carbocycles. The number of halogens is 1. The van der Waals surface area contributed by atoms with Gasteiger partial charge in [0, 0.05) is 24.0 Å². The molecule has 0 spiro atoms. The van der Waals surface area contributed by atoms with Crippen LogP contribution in [0.4, 0.5) is 14.9 Å². The molecule has 2 amide bonds. The maximum absolute atomic E-state index is 13.8. The molecule has 9 heteroatoms. The molecule has 34 heavy (non-hydrogen) atoms. The van der Waals surface area contributed by atoms with Crippen molar-refractivity contribution in [2.75, 3.05) is 12.4 Å². The van der Waals surface area contributed by atoms with E-state index in [0.29, 0.717) is 29.3 Å². The zero-order valence-electron chi connectivity index (χ0n) is 18.6. The van der Waals surface area contributed by atoms with Gasteiger partial charge in [0.2, 0.25) is 0 Å². The van der Waals surface area contributed by atoms with Crippen LogP contribution in [0.15, 0.2) is 72.8 Å². The summed E-state index contributed by atoms with van der Waals surface area (Å²) in [7, 11) is 1.32. The molecule has 1 aliphatic rings. The molecule has 1 atom stereocenters. The van der Waals surface area contributed by atoms with Gasteiger partial charge in [0.05, 0.1) is 24.5 Å². The largest absolute Gasteiger partial charge is 0.464 e. The Morgan fingerprint density at radius 1 is 1.21 bits per heavy atom. The molecule has 0 radical (unpaired) electrons. The van der Waals surface area contributed by atoms with Crippen molar-refractivity contribution < 1.29 is 23.5 Å². The van der Waals surface area contributed by atoms with Crippen molar-refractivity contribution in [3.8, 4) is 17.0 Å². The Hall–Kier alpha value is -4.40. The molecule has 2 heterocycles. The highest BCUT2D eigenvalue weighted by atomic mass is 19.1. The number of esters is 1. The van der Waals surface area contributed by atoms with E-state index in [9.17, 15) is 14.0 Å². The topological polar surface area (TPSA) is 105 Å². The number of nitrogens with one attached hydrogen (secondary N) is 3. The summed E-state index contributed by atoms with van der Waals surface area (Å²) in [6, 6.07) is 8.91. The van der Waals surface area contributed by atoms with Crippen LogP contribution >= 0.6 is 0 Å². The summed E-state index contributed by atoms with van der Waals surface area (Å²) < 4.78 is 24.5. The number of carbonyl (C=O) groups is 2. The maximum atomic E-state index is 13.8. The van der Waals surface area contributed by atoms with E-state index in [4.69, 9.17) is 9.47 Å². The summed E-state index contributed by atoms with van der Waals surface area (Å²) in [6.45, 7) is 1.82. The lowest BCUT2D eigenvalue weighted by Crippen LogP contribution is -2.37. The lowest BCUT2D eigenvalue weighted by Gasteiger charge is -2.19. The Morgan fingerprint density at radius 2 is 2.06 bits per heavy atom. The van der Waals surface area contributed by atoms with Crippen LogP contribution in [0.25, 0.3) is 11.3 Å². The van der Waals surface area contributed by atoms with Gasteiger partial charge >= 0.3 is 12.0 Å². The summed E-state index contributed by atoms with van der Waals surface area (Å²) in [4.78, 5) is 31.1. The normalized spacial score (nSPS) is 14.8. The molecule has 0 saturated heterocycles. The number of urea groups is 1. The molecule has 3 N–H and O–H groups in total. The van der Waals surface area contributed by atoms with Crippen LogP contribution in [0.3, 0.4) is 0 Å². The average molecular weight is 462 g/mol. The van der Waals surface area contributed by atoms with Gasteiger partial charge in [-0.2, -0.15) is 0 Å². The number of amides is 2. The van der Waals surface area contributed by atoms with Gasteiger partial charge in [0.25, 0.3) is 0 Å². The molecular formula is C25H23FN4O4. The first-order valence-corrected chi connectivity index (χ1v) is 10.5. The number of nitrogens with zero attached hydrogens (tertiary/aromatic N) is 1. The Morgan fingerprint density at radius 3 is 2.82 bits per heavy atom. The second kappa shape index (κ2) is 10.0. The number of ether oxygens (including phenoxy) is 2. The predicted molar refractivity (Wildman–Crippen MR) is 125 cm³/mol. The number of pyridine rings is 1. The third kappa shape index (κ3) is 5.50. The number of H-pyrrole nitrogens is 1. The molecule has 1 aliphatic carbocycles. The van der Waals surface area contributed by atoms with Crippen LogP contribution in [0, 0.1) is 12.7 Å². The van der Waals surface area contributed by atoms with Crippen molar-refractivity contribution >= 4 is 17.7 Å². The highest BCUT2D eigenvalue weighted by molar-refractivity contribution is 5.90. The number of anilines is 1. The van der Waals surface area contributed by atoms with Crippen LogP contribution < -0.4 is 15.4 Å². The Labute approximate surface area is 195 Å². The van der Waals surface area contributed by atoms with Gasteiger partial charge < -0.3 is 25.1 Å². The first kappa shape index (κ1) is 22.8. The first-order valence-electron chi connectivity index (χ1n) is 10.5. The van der Waals surface area contributed by atoms with Crippen LogP contribution in [0.5, 0.6) is 5.75 Å². The fourth-order valence-electron chi connectivity index (χ4n) is 3.38. The van der Waals surface area contributed by atoms with Crippen molar-refractivity contribution in [1.82, 2.24) is 15.3 Å². The minimum Gasteiger partial charge on any atom is -0.464 e. The van der Waals surface area contributed by atoms with Gasteiger partial charge in [0.1, 0.15) is 23.0 Å². The SMILES string of the molecule is COC(=O)c1cc(-c2cc(OC3=CCC(NC(=O)Nc4cc(C)ccc4F)C=C3)ccn2)c[nH]1. The fourth-order valence-corrected chi connectivity index (χ4v) is 3.38. The van der Waals surface area contributed by atoms with E-state index in [1.165, 1.54) is 13.2 Å². The Kier molecular flexibility index (Phi) is 6.72. The molecule has 0 aliphatic heterocycles. The third-order valence-electron chi connectivity index (χ3n) is 5.10. The molecule has 174 valence electrons. The van der Waals surface area contributed by atoms with Gasteiger partial charge in [-0.3, -0.25) is 4.98 Å². The highest BCUT2D eigenvalue weighted by Gasteiger charge is 2.15. The minimum atomic E-state index is -0.492. The second-order valence-corrected chi connectivity index (χ2v) is 7.66. The number of aromatic nitrogens is 2. The number of hydrogen-bond donors (Lipinski definition) is 3. The molecule has 2 aromatic heterocycles. The average Bonchev–Trinajstić information content (AvgIpc) is 3.33. The Bertz CT molecular complexity index is 1280. The first-order chi connectivity index (χ1) is 16.4. The molecular weight excluding hydrogens is 439 g/mol. The lowest BCUT2D eigenvalue weighted by molar-refractivity contribution is 0.0595. The highest BCUT2D eigenvalue weighted by Crippen LogP contribution is 2.25. The van der Waals surface area contributed by atoms with E-state index in [2.05, 4.69) is 20.6 Å². The molecule has 1 unspecified atom stereocenters. The van der Waals surface area contributed by atoms with Gasteiger partial charge in [-0.05, 0) is 55.3 Å². The van der Waals surface area contributed by atoms with Crippen LogP contribution in [-0.2, 0) is 4.74 Å². The number of carbonyl (C=O) groups excluding carboxylic acids is 2. The van der Waals surface area contributed by atoms with E-state index in [1.54, 1.807) is 54.9 Å². The van der Waals surface area contributed by atoms with Crippen LogP contribution in [0.2, 0.25) is 0 Å². The van der Waals surface area contributed by atoms with E-state index >= 15 is 0 Å². The number of methoxy groups -OCH3 is 1. The number of hydrogen-bond acceptors (Lipinski definition) is 5. The molecule has 4 rings (SSSR count). The van der Waals surface area contributed by atoms with E-state index in [0.717, 1.165) is 11.1 Å². The van der Waals surface area contributed by atoms with Gasteiger partial charge in [-0.15, -0.1) is 0 Å². The fraction of sp³-hybridized carbons (Fsp3) is 0.160.